The summed E-state index contributed by atoms with van der Waals surface area (Å²) in [4.78, 5) is 2.14. The van der Waals surface area contributed by atoms with E-state index in [4.69, 9.17) is 0 Å². The molecule has 0 N–H and O–H groups in total. The van der Waals surface area contributed by atoms with Gasteiger partial charge >= 0.3 is 6.36 Å². The van der Waals surface area contributed by atoms with Gasteiger partial charge in [0.25, 0.3) is 0 Å². The smallest absolute Gasteiger partial charge is 0.406 e. The summed E-state index contributed by atoms with van der Waals surface area (Å²) in [6, 6.07) is 26.6. The molecule has 0 atom stereocenters. The molecule has 0 amide bonds. The molecule has 0 unspecified atom stereocenters. The highest BCUT2D eigenvalue weighted by molar-refractivity contribution is 7.92. The predicted octanol–water partition coefficient (Wildman–Crippen LogP) is 6.13. The first kappa shape index (κ1) is 26.1. The molecule has 0 radical (unpaired) electrons. The molecule has 0 aromatic heterocycles. The van der Waals surface area contributed by atoms with Crippen LogP contribution in [-0.4, -0.2) is 38.5 Å². The Hall–Kier alpha value is -3.56. The minimum absolute atomic E-state index is 0.0181. The normalized spacial score (nSPS) is 14.3. The number of halogens is 3. The second-order valence-corrected chi connectivity index (χ2v) is 11.4. The summed E-state index contributed by atoms with van der Waals surface area (Å²) in [7, 11) is -3.78. The van der Waals surface area contributed by atoms with Crippen LogP contribution in [0.5, 0.6) is 5.75 Å². The van der Waals surface area contributed by atoms with Crippen molar-refractivity contribution >= 4 is 26.5 Å². The minimum Gasteiger partial charge on any atom is -0.406 e. The van der Waals surface area contributed by atoms with Crippen molar-refractivity contribution in [2.24, 2.45) is 0 Å². The number of sulfonamides is 1. The van der Waals surface area contributed by atoms with Gasteiger partial charge in [-0.1, -0.05) is 66.7 Å². The maximum absolute atomic E-state index is 13.7. The first-order valence-corrected chi connectivity index (χ1v) is 13.9. The van der Waals surface area contributed by atoms with E-state index in [-0.39, 0.29) is 18.0 Å². The van der Waals surface area contributed by atoms with Crippen LogP contribution in [0.2, 0.25) is 0 Å². The quantitative estimate of drug-likeness (QED) is 0.270. The number of nitrogens with zero attached hydrogens (tertiary/aromatic N) is 2. The van der Waals surface area contributed by atoms with Gasteiger partial charge in [0.1, 0.15) is 5.75 Å². The van der Waals surface area contributed by atoms with Gasteiger partial charge in [-0.3, -0.25) is 9.21 Å². The molecule has 5 rings (SSSR count). The van der Waals surface area contributed by atoms with Crippen LogP contribution in [0.25, 0.3) is 10.8 Å². The summed E-state index contributed by atoms with van der Waals surface area (Å²) >= 11 is 0. The van der Waals surface area contributed by atoms with Crippen LogP contribution in [0.4, 0.5) is 18.9 Å². The lowest BCUT2D eigenvalue weighted by Crippen LogP contribution is -2.39. The van der Waals surface area contributed by atoms with Crippen LogP contribution >= 0.6 is 0 Å². The van der Waals surface area contributed by atoms with Crippen molar-refractivity contribution in [3.63, 3.8) is 0 Å². The second-order valence-electron chi connectivity index (χ2n) is 9.34. The van der Waals surface area contributed by atoms with E-state index in [0.717, 1.165) is 23.7 Å². The molecule has 0 saturated carbocycles. The summed E-state index contributed by atoms with van der Waals surface area (Å²) in [6.45, 7) is 1.83. The molecule has 4 aromatic carbocycles. The number of alkyl halides is 3. The Labute approximate surface area is 220 Å². The summed E-state index contributed by atoms with van der Waals surface area (Å²) in [6.07, 6.45) is -3.92. The highest BCUT2D eigenvalue weighted by Crippen LogP contribution is 2.28. The molecule has 9 heteroatoms. The topological polar surface area (TPSA) is 49.9 Å². The highest BCUT2D eigenvalue weighted by Gasteiger charge is 2.31. The summed E-state index contributed by atoms with van der Waals surface area (Å²) in [5.74, 6) is -0.441. The van der Waals surface area contributed by atoms with E-state index in [9.17, 15) is 21.6 Å². The Balaban J connectivity index is 1.38. The van der Waals surface area contributed by atoms with Gasteiger partial charge in [-0.2, -0.15) is 0 Å². The molecule has 1 aliphatic heterocycles. The fourth-order valence-electron chi connectivity index (χ4n) is 4.74. The van der Waals surface area contributed by atoms with E-state index in [0.29, 0.717) is 24.3 Å². The van der Waals surface area contributed by atoms with Crippen molar-refractivity contribution in [3.05, 3.63) is 108 Å². The van der Waals surface area contributed by atoms with Crippen LogP contribution in [0.1, 0.15) is 16.7 Å². The lowest BCUT2D eigenvalue weighted by Gasteiger charge is -2.30. The minimum atomic E-state index is -4.79. The molecular weight excluding hydrogens is 513 g/mol. The van der Waals surface area contributed by atoms with Gasteiger partial charge in [0.05, 0.1) is 18.0 Å². The molecule has 5 nitrogen and oxygen atoms in total. The molecule has 0 fully saturated rings. The molecule has 1 aliphatic rings. The highest BCUT2D eigenvalue weighted by atomic mass is 32.2. The first-order valence-electron chi connectivity index (χ1n) is 12.3. The molecule has 4 aromatic rings. The van der Waals surface area contributed by atoms with E-state index in [1.807, 2.05) is 48.5 Å². The zero-order valence-corrected chi connectivity index (χ0v) is 21.4. The number of rotatable bonds is 8. The van der Waals surface area contributed by atoms with Gasteiger partial charge in [0, 0.05) is 19.6 Å². The molecule has 38 heavy (non-hydrogen) atoms. The maximum Gasteiger partial charge on any atom is 0.573 e. The van der Waals surface area contributed by atoms with Gasteiger partial charge in [-0.05, 0) is 58.1 Å². The van der Waals surface area contributed by atoms with E-state index in [1.165, 1.54) is 39.7 Å². The molecular formula is C29H27F3N2O3S. The maximum atomic E-state index is 13.7. The number of anilines is 1. The van der Waals surface area contributed by atoms with E-state index < -0.39 is 16.4 Å². The van der Waals surface area contributed by atoms with E-state index in [2.05, 4.69) is 21.8 Å². The Bertz CT molecular complexity index is 1520. The number of benzene rings is 4. The number of hydrogen-bond donors (Lipinski definition) is 0. The third kappa shape index (κ3) is 6.28. The number of hydrogen-bond acceptors (Lipinski definition) is 4. The Morgan fingerprint density at radius 1 is 0.842 bits per heavy atom. The molecule has 0 aliphatic carbocycles. The Kier molecular flexibility index (Phi) is 7.32. The third-order valence-electron chi connectivity index (χ3n) is 6.72. The molecule has 0 bridgehead atoms. The zero-order valence-electron chi connectivity index (χ0n) is 20.6. The van der Waals surface area contributed by atoms with Gasteiger partial charge in [-0.15, -0.1) is 13.2 Å². The number of ether oxygens (including phenoxy) is 1. The zero-order chi connectivity index (χ0) is 26.8. The molecule has 1 heterocycles. The predicted molar refractivity (Wildman–Crippen MR) is 142 cm³/mol. The summed E-state index contributed by atoms with van der Waals surface area (Å²) in [5, 5.41) is 1.88. The monoisotopic (exact) mass is 540 g/mol. The number of fused-ring (bicyclic) bond motifs is 2. The molecule has 198 valence electrons. The molecule has 0 saturated heterocycles. The van der Waals surface area contributed by atoms with Crippen molar-refractivity contribution in [2.75, 3.05) is 23.1 Å². The van der Waals surface area contributed by atoms with Crippen molar-refractivity contribution in [1.82, 2.24) is 4.90 Å². The van der Waals surface area contributed by atoms with Crippen molar-refractivity contribution < 1.29 is 26.3 Å². The Morgan fingerprint density at radius 2 is 1.53 bits per heavy atom. The van der Waals surface area contributed by atoms with Crippen molar-refractivity contribution in [1.29, 1.82) is 0 Å². The fraction of sp³-hybridized carbons (Fsp3) is 0.241. The van der Waals surface area contributed by atoms with Gasteiger partial charge < -0.3 is 4.74 Å². The van der Waals surface area contributed by atoms with Crippen LogP contribution in [0, 0.1) is 0 Å². The van der Waals surface area contributed by atoms with Gasteiger partial charge in [0.15, 0.2) is 0 Å². The average Bonchev–Trinajstić information content (AvgIpc) is 2.90. The first-order chi connectivity index (χ1) is 18.2. The van der Waals surface area contributed by atoms with Crippen LogP contribution in [0.3, 0.4) is 0 Å². The van der Waals surface area contributed by atoms with Crippen molar-refractivity contribution in [3.8, 4) is 5.75 Å². The van der Waals surface area contributed by atoms with E-state index >= 15 is 0 Å². The largest absolute Gasteiger partial charge is 0.573 e. The third-order valence-corrected chi connectivity index (χ3v) is 8.43. The van der Waals surface area contributed by atoms with Crippen LogP contribution in [0.15, 0.2) is 91.0 Å². The average molecular weight is 541 g/mol. The van der Waals surface area contributed by atoms with Crippen molar-refractivity contribution in [2.45, 2.75) is 25.9 Å². The van der Waals surface area contributed by atoms with Gasteiger partial charge in [-0.25, -0.2) is 8.42 Å². The lowest BCUT2D eigenvalue weighted by atomic mass is 10.0. The molecule has 0 spiro atoms. The van der Waals surface area contributed by atoms with Gasteiger partial charge in [0.2, 0.25) is 10.0 Å². The lowest BCUT2D eigenvalue weighted by molar-refractivity contribution is -0.274. The van der Waals surface area contributed by atoms with Crippen LogP contribution in [-0.2, 0) is 29.5 Å². The second kappa shape index (κ2) is 10.7. The summed E-state index contributed by atoms with van der Waals surface area (Å²) < 4.78 is 70.5. The Morgan fingerprint density at radius 3 is 2.26 bits per heavy atom. The SMILES string of the molecule is O=S(=O)(CCN1CCc2ccccc2C1)N(Cc1ccc(OC(F)(F)F)cc1)c1ccc2ccccc2c1. The van der Waals surface area contributed by atoms with Crippen LogP contribution < -0.4 is 9.04 Å². The summed E-state index contributed by atoms with van der Waals surface area (Å²) in [5.41, 5.74) is 3.55. The van der Waals surface area contributed by atoms with E-state index in [1.54, 1.807) is 6.07 Å². The standard InChI is InChI=1S/C29H27F3N2O3S/c30-29(31,32)37-28-13-9-22(10-14-28)20-34(27-12-11-23-5-1-3-7-25(23)19-27)38(35,36)18-17-33-16-15-24-6-2-4-8-26(24)21-33/h1-14,19H,15-18,20-21H2. The fourth-order valence-corrected chi connectivity index (χ4v) is 6.23.